The summed E-state index contributed by atoms with van der Waals surface area (Å²) in [6, 6.07) is 19.9. The van der Waals surface area contributed by atoms with Crippen LogP contribution < -0.4 is 16.4 Å². The van der Waals surface area contributed by atoms with E-state index in [-0.39, 0.29) is 6.04 Å². The van der Waals surface area contributed by atoms with Crippen LogP contribution in [-0.4, -0.2) is 11.9 Å². The Balaban J connectivity index is 1.97. The van der Waals surface area contributed by atoms with Crippen LogP contribution in [0.1, 0.15) is 53.4 Å². The van der Waals surface area contributed by atoms with Crippen LogP contribution in [0.25, 0.3) is 0 Å². The number of nitrogens with two attached hydrogens (primary N) is 1. The zero-order valence-electron chi connectivity index (χ0n) is 16.5. The van der Waals surface area contributed by atoms with Crippen molar-refractivity contribution in [2.24, 2.45) is 5.73 Å². The molecule has 1 aromatic heterocycles. The molecule has 3 rings (SSSR count). The first kappa shape index (κ1) is 20.8. The number of amides is 3. The molecule has 4 N–H and O–H groups in total. The molecule has 2 aromatic carbocycles. The highest BCUT2D eigenvalue weighted by molar-refractivity contribution is 7.10. The number of benzene rings is 2. The molecule has 0 aliphatic carbocycles. The van der Waals surface area contributed by atoms with Gasteiger partial charge in [0.15, 0.2) is 0 Å². The van der Waals surface area contributed by atoms with Gasteiger partial charge >= 0.3 is 6.03 Å². The minimum atomic E-state index is -0.869. The van der Waals surface area contributed by atoms with Gasteiger partial charge in [0.25, 0.3) is 0 Å². The van der Waals surface area contributed by atoms with Crippen molar-refractivity contribution in [1.29, 1.82) is 0 Å². The highest BCUT2D eigenvalue weighted by atomic mass is 32.1. The average molecular weight is 408 g/mol. The molecule has 0 saturated carbocycles. The summed E-state index contributed by atoms with van der Waals surface area (Å²) < 4.78 is 0. The zero-order valence-corrected chi connectivity index (χ0v) is 17.3. The number of thiophene rings is 1. The fourth-order valence-electron chi connectivity index (χ4n) is 3.20. The maximum absolute atomic E-state index is 12.8. The van der Waals surface area contributed by atoms with Gasteiger partial charge in [0.1, 0.15) is 6.04 Å². The molecule has 0 unspecified atom stereocenters. The molecule has 6 heteroatoms. The molecule has 1 heterocycles. The molecule has 150 valence electrons. The molecule has 0 radical (unpaired) electrons. The van der Waals surface area contributed by atoms with Crippen LogP contribution in [0.2, 0.25) is 0 Å². The van der Waals surface area contributed by atoms with E-state index in [4.69, 9.17) is 5.73 Å². The van der Waals surface area contributed by atoms with Crippen LogP contribution in [0.4, 0.5) is 4.79 Å². The van der Waals surface area contributed by atoms with Gasteiger partial charge in [-0.25, -0.2) is 4.79 Å². The molecule has 0 aliphatic heterocycles. The largest absolute Gasteiger partial charge is 0.351 e. The fraction of sp³-hybridized carbons (Fsp3) is 0.217. The molecular formula is C23H25N3O2S. The summed E-state index contributed by atoms with van der Waals surface area (Å²) in [7, 11) is 0. The second-order valence-electron chi connectivity index (χ2n) is 7.13. The van der Waals surface area contributed by atoms with Crippen molar-refractivity contribution in [2.75, 3.05) is 0 Å². The molecule has 0 bridgehead atoms. The van der Waals surface area contributed by atoms with Gasteiger partial charge in [-0.3, -0.25) is 15.4 Å². The lowest BCUT2D eigenvalue weighted by molar-refractivity contribution is -0.122. The first-order valence-corrected chi connectivity index (χ1v) is 10.4. The number of carbonyl (C=O) groups excluding carboxylic acids is 2. The number of nitrogens with one attached hydrogen (secondary N) is 2. The molecule has 0 fully saturated rings. The normalized spacial score (nSPS) is 13.1. The van der Waals surface area contributed by atoms with Gasteiger partial charge in [-0.15, -0.1) is 11.3 Å². The summed E-state index contributed by atoms with van der Waals surface area (Å²) in [6.45, 7) is 4.31. The predicted octanol–water partition coefficient (Wildman–Crippen LogP) is 4.49. The minimum absolute atomic E-state index is 0.208. The van der Waals surface area contributed by atoms with E-state index in [2.05, 4.69) is 48.7 Å². The predicted molar refractivity (Wildman–Crippen MR) is 117 cm³/mol. The number of urea groups is 1. The summed E-state index contributed by atoms with van der Waals surface area (Å²) in [5, 5.41) is 7.65. The van der Waals surface area contributed by atoms with E-state index < -0.39 is 18.0 Å². The van der Waals surface area contributed by atoms with Crippen molar-refractivity contribution < 1.29 is 9.59 Å². The van der Waals surface area contributed by atoms with Gasteiger partial charge in [-0.2, -0.15) is 0 Å². The Bertz CT molecular complexity index is 938. The van der Waals surface area contributed by atoms with E-state index in [0.29, 0.717) is 5.92 Å². The Hall–Kier alpha value is -2.96. The average Bonchev–Trinajstić information content (AvgIpc) is 3.23. The second kappa shape index (κ2) is 9.49. The van der Waals surface area contributed by atoms with Crippen LogP contribution in [-0.2, 0) is 4.79 Å². The van der Waals surface area contributed by atoms with E-state index in [1.54, 1.807) is 11.3 Å². The van der Waals surface area contributed by atoms with Crippen LogP contribution >= 0.6 is 11.3 Å². The Morgan fingerprint density at radius 1 is 0.862 bits per heavy atom. The van der Waals surface area contributed by atoms with E-state index in [1.165, 1.54) is 5.56 Å². The van der Waals surface area contributed by atoms with Crippen LogP contribution in [0, 0.1) is 0 Å². The minimum Gasteiger partial charge on any atom is -0.351 e. The second-order valence-corrected chi connectivity index (χ2v) is 8.11. The lowest BCUT2D eigenvalue weighted by atomic mass is 9.97. The summed E-state index contributed by atoms with van der Waals surface area (Å²) in [4.78, 5) is 25.1. The van der Waals surface area contributed by atoms with Crippen LogP contribution in [0.3, 0.4) is 0 Å². The van der Waals surface area contributed by atoms with E-state index in [1.807, 2.05) is 47.8 Å². The van der Waals surface area contributed by atoms with E-state index in [9.17, 15) is 9.59 Å². The van der Waals surface area contributed by atoms with Crippen molar-refractivity contribution >= 4 is 23.3 Å². The van der Waals surface area contributed by atoms with E-state index in [0.717, 1.165) is 16.0 Å². The first-order valence-electron chi connectivity index (χ1n) is 9.50. The number of hydrogen-bond acceptors (Lipinski definition) is 4. The Morgan fingerprint density at radius 3 is 2.07 bits per heavy atom. The molecular weight excluding hydrogens is 382 g/mol. The lowest BCUT2D eigenvalue weighted by Gasteiger charge is -2.25. The summed E-state index contributed by atoms with van der Waals surface area (Å²) in [5.41, 5.74) is 8.25. The molecule has 5 nitrogen and oxygen atoms in total. The van der Waals surface area contributed by atoms with Gasteiger partial charge < -0.3 is 5.73 Å². The SMILES string of the molecule is CC(C)c1ccc([C@H](N[C@@H](C(=O)NC(N)=O)c2ccccc2)c2cccs2)cc1. The van der Waals surface area contributed by atoms with Crippen molar-refractivity contribution in [1.82, 2.24) is 10.6 Å². The van der Waals surface area contributed by atoms with Crippen LogP contribution in [0.15, 0.2) is 72.1 Å². The highest BCUT2D eigenvalue weighted by Crippen LogP contribution is 2.30. The first-order chi connectivity index (χ1) is 14.0. The maximum Gasteiger partial charge on any atom is 0.318 e. The van der Waals surface area contributed by atoms with Crippen molar-refractivity contribution in [3.05, 3.63) is 93.7 Å². The standard InChI is InChI=1S/C23H25N3O2S/c1-15(2)16-10-12-18(13-11-16)20(19-9-6-14-29-19)25-21(22(27)26-23(24)28)17-7-4-3-5-8-17/h3-15,20-21,25H,1-2H3,(H3,24,26,27,28)/t20-,21+/m0/s1. The lowest BCUT2D eigenvalue weighted by Crippen LogP contribution is -2.44. The molecule has 3 aromatic rings. The van der Waals surface area contributed by atoms with Gasteiger partial charge in [-0.05, 0) is 34.1 Å². The maximum atomic E-state index is 12.8. The summed E-state index contributed by atoms with van der Waals surface area (Å²) >= 11 is 1.61. The number of primary amides is 1. The Labute approximate surface area is 175 Å². The third-order valence-corrected chi connectivity index (χ3v) is 5.68. The zero-order chi connectivity index (χ0) is 20.8. The number of rotatable bonds is 7. The molecule has 0 aliphatic rings. The number of carbonyl (C=O) groups is 2. The molecule has 3 amide bonds. The third kappa shape index (κ3) is 5.31. The Morgan fingerprint density at radius 2 is 1.52 bits per heavy atom. The number of hydrogen-bond donors (Lipinski definition) is 3. The van der Waals surface area contributed by atoms with Crippen molar-refractivity contribution in [3.63, 3.8) is 0 Å². The Kier molecular flexibility index (Phi) is 6.80. The van der Waals surface area contributed by atoms with Crippen molar-refractivity contribution in [3.8, 4) is 0 Å². The third-order valence-electron chi connectivity index (χ3n) is 4.74. The smallest absolute Gasteiger partial charge is 0.318 e. The van der Waals surface area contributed by atoms with Gasteiger partial charge in [0, 0.05) is 4.88 Å². The van der Waals surface area contributed by atoms with E-state index >= 15 is 0 Å². The molecule has 0 saturated heterocycles. The summed E-state index contributed by atoms with van der Waals surface area (Å²) in [5.74, 6) is -0.0420. The highest BCUT2D eigenvalue weighted by Gasteiger charge is 2.27. The molecule has 2 atom stereocenters. The quantitative estimate of drug-likeness (QED) is 0.540. The summed E-state index contributed by atoms with van der Waals surface area (Å²) in [6.07, 6.45) is 0. The monoisotopic (exact) mass is 407 g/mol. The molecule has 0 spiro atoms. The van der Waals surface area contributed by atoms with Gasteiger partial charge in [-0.1, -0.05) is 74.5 Å². The fourth-order valence-corrected chi connectivity index (χ4v) is 4.01. The van der Waals surface area contributed by atoms with Gasteiger partial charge in [0.2, 0.25) is 5.91 Å². The van der Waals surface area contributed by atoms with Crippen molar-refractivity contribution in [2.45, 2.75) is 31.8 Å². The molecule has 29 heavy (non-hydrogen) atoms. The van der Waals surface area contributed by atoms with Gasteiger partial charge in [0.05, 0.1) is 6.04 Å². The topological polar surface area (TPSA) is 84.2 Å². The number of imide groups is 1. The van der Waals surface area contributed by atoms with Crippen LogP contribution in [0.5, 0.6) is 0 Å².